The van der Waals surface area contributed by atoms with Gasteiger partial charge in [0.05, 0.1) is 11.0 Å². The zero-order chi connectivity index (χ0) is 12.4. The second-order valence-corrected chi connectivity index (χ2v) is 4.14. The van der Waals surface area contributed by atoms with E-state index in [4.69, 9.17) is 5.73 Å². The number of hydrogen-bond donors (Lipinski definition) is 2. The van der Waals surface area contributed by atoms with Gasteiger partial charge < -0.3 is 10.7 Å². The molecule has 0 saturated carbocycles. The predicted octanol–water partition coefficient (Wildman–Crippen LogP) is 3.32. The number of fused-ring (bicyclic) bond motifs is 1. The minimum atomic E-state index is 0.774. The highest BCUT2D eigenvalue weighted by molar-refractivity contribution is 5.78. The molecule has 0 unspecified atom stereocenters. The van der Waals surface area contributed by atoms with Crippen LogP contribution < -0.4 is 5.73 Å². The highest BCUT2D eigenvalue weighted by Gasteiger charge is 1.97. The van der Waals surface area contributed by atoms with Crippen LogP contribution in [0.5, 0.6) is 0 Å². The molecular formula is C15H13N3. The molecule has 0 bridgehead atoms. The second-order valence-electron chi connectivity index (χ2n) is 4.14. The minimum absolute atomic E-state index is 0.774. The number of benzene rings is 2. The van der Waals surface area contributed by atoms with Crippen LogP contribution in [-0.4, -0.2) is 9.97 Å². The topological polar surface area (TPSA) is 54.7 Å². The first-order chi connectivity index (χ1) is 8.81. The molecule has 88 valence electrons. The summed E-state index contributed by atoms with van der Waals surface area (Å²) in [6.45, 7) is 0. The summed E-state index contributed by atoms with van der Waals surface area (Å²) in [4.78, 5) is 7.73. The monoisotopic (exact) mass is 235 g/mol. The van der Waals surface area contributed by atoms with Gasteiger partial charge in [0, 0.05) is 5.69 Å². The third-order valence-corrected chi connectivity index (χ3v) is 2.78. The average Bonchev–Trinajstić information content (AvgIpc) is 2.81. The molecule has 0 spiro atoms. The van der Waals surface area contributed by atoms with Crippen molar-refractivity contribution in [3.63, 3.8) is 0 Å². The van der Waals surface area contributed by atoms with Gasteiger partial charge in [-0.2, -0.15) is 0 Å². The van der Waals surface area contributed by atoms with Crippen molar-refractivity contribution in [1.29, 1.82) is 0 Å². The molecule has 3 rings (SSSR count). The lowest BCUT2D eigenvalue weighted by molar-refractivity contribution is 1.29. The quantitative estimate of drug-likeness (QED) is 0.669. The van der Waals surface area contributed by atoms with Crippen LogP contribution in [0.3, 0.4) is 0 Å². The molecule has 18 heavy (non-hydrogen) atoms. The number of imidazole rings is 1. The second kappa shape index (κ2) is 4.37. The van der Waals surface area contributed by atoms with E-state index in [1.165, 1.54) is 0 Å². The van der Waals surface area contributed by atoms with E-state index >= 15 is 0 Å². The van der Waals surface area contributed by atoms with Gasteiger partial charge in [0.1, 0.15) is 5.82 Å². The first kappa shape index (κ1) is 10.6. The molecule has 0 saturated heterocycles. The fourth-order valence-corrected chi connectivity index (χ4v) is 1.83. The summed E-state index contributed by atoms with van der Waals surface area (Å²) >= 11 is 0. The van der Waals surface area contributed by atoms with Gasteiger partial charge in [0.25, 0.3) is 0 Å². The maximum atomic E-state index is 5.64. The zero-order valence-corrected chi connectivity index (χ0v) is 9.80. The molecule has 0 aliphatic carbocycles. The summed E-state index contributed by atoms with van der Waals surface area (Å²) in [6.07, 6.45) is 3.97. The van der Waals surface area contributed by atoms with Crippen LogP contribution in [0.4, 0.5) is 5.69 Å². The van der Waals surface area contributed by atoms with E-state index in [-0.39, 0.29) is 0 Å². The Balaban J connectivity index is 1.89. The SMILES string of the molecule is Nc1ccc(/C=C\c2nc3ccccc3[nH]2)cc1. The standard InChI is InChI=1S/C15H13N3/c16-12-8-5-11(6-9-12)7-10-15-17-13-3-1-2-4-14(13)18-15/h1-10H,16H2,(H,17,18)/b10-7-. The van der Waals surface area contributed by atoms with Crippen LogP contribution in [0.1, 0.15) is 11.4 Å². The van der Waals surface area contributed by atoms with Crippen molar-refractivity contribution < 1.29 is 0 Å². The number of nitrogens with one attached hydrogen (secondary N) is 1. The Morgan fingerprint density at radius 2 is 1.72 bits per heavy atom. The number of para-hydroxylation sites is 2. The van der Waals surface area contributed by atoms with E-state index in [2.05, 4.69) is 9.97 Å². The molecule has 0 fully saturated rings. The Morgan fingerprint density at radius 3 is 2.50 bits per heavy atom. The van der Waals surface area contributed by atoms with E-state index in [1.54, 1.807) is 0 Å². The number of nitrogen functional groups attached to an aromatic ring is 1. The van der Waals surface area contributed by atoms with E-state index in [0.717, 1.165) is 28.1 Å². The molecule has 1 heterocycles. The Kier molecular flexibility index (Phi) is 2.57. The summed E-state index contributed by atoms with van der Waals surface area (Å²) in [5, 5.41) is 0. The van der Waals surface area contributed by atoms with Crippen LogP contribution in [0, 0.1) is 0 Å². The van der Waals surface area contributed by atoms with Crippen molar-refractivity contribution in [3.05, 3.63) is 59.9 Å². The number of aromatic amines is 1. The lowest BCUT2D eigenvalue weighted by Crippen LogP contribution is -1.82. The molecular weight excluding hydrogens is 222 g/mol. The van der Waals surface area contributed by atoms with Crippen molar-refractivity contribution in [2.45, 2.75) is 0 Å². The predicted molar refractivity (Wildman–Crippen MR) is 75.9 cm³/mol. The molecule has 2 aromatic carbocycles. The maximum absolute atomic E-state index is 5.64. The van der Waals surface area contributed by atoms with Crippen molar-refractivity contribution in [1.82, 2.24) is 9.97 Å². The number of rotatable bonds is 2. The molecule has 3 heteroatoms. The summed E-state index contributed by atoms with van der Waals surface area (Å²) < 4.78 is 0. The molecule has 0 radical (unpaired) electrons. The van der Waals surface area contributed by atoms with Gasteiger partial charge in [0.15, 0.2) is 0 Å². The third kappa shape index (κ3) is 2.11. The number of nitrogens with two attached hydrogens (primary N) is 1. The van der Waals surface area contributed by atoms with Gasteiger partial charge in [-0.25, -0.2) is 4.98 Å². The first-order valence-corrected chi connectivity index (χ1v) is 5.80. The normalized spacial score (nSPS) is 11.3. The number of anilines is 1. The van der Waals surface area contributed by atoms with E-state index in [1.807, 2.05) is 60.7 Å². The van der Waals surface area contributed by atoms with Crippen LogP contribution in [0.25, 0.3) is 23.2 Å². The highest BCUT2D eigenvalue weighted by Crippen LogP contribution is 2.13. The van der Waals surface area contributed by atoms with Gasteiger partial charge in [-0.3, -0.25) is 0 Å². The number of H-pyrrole nitrogens is 1. The van der Waals surface area contributed by atoms with Crippen molar-refractivity contribution in [2.75, 3.05) is 5.73 Å². The highest BCUT2D eigenvalue weighted by atomic mass is 14.9. The van der Waals surface area contributed by atoms with E-state index in [9.17, 15) is 0 Å². The fourth-order valence-electron chi connectivity index (χ4n) is 1.83. The minimum Gasteiger partial charge on any atom is -0.399 e. The van der Waals surface area contributed by atoms with E-state index in [0.29, 0.717) is 0 Å². The van der Waals surface area contributed by atoms with Gasteiger partial charge in [0.2, 0.25) is 0 Å². The third-order valence-electron chi connectivity index (χ3n) is 2.78. The Morgan fingerprint density at radius 1 is 0.944 bits per heavy atom. The fraction of sp³-hybridized carbons (Fsp3) is 0. The van der Waals surface area contributed by atoms with Gasteiger partial charge in [-0.05, 0) is 35.9 Å². The van der Waals surface area contributed by atoms with E-state index < -0.39 is 0 Å². The van der Waals surface area contributed by atoms with Crippen molar-refractivity contribution >= 4 is 28.9 Å². The van der Waals surface area contributed by atoms with Crippen molar-refractivity contribution in [3.8, 4) is 0 Å². The van der Waals surface area contributed by atoms with Crippen LogP contribution in [0.15, 0.2) is 48.5 Å². The van der Waals surface area contributed by atoms with Gasteiger partial charge in [-0.15, -0.1) is 0 Å². The van der Waals surface area contributed by atoms with Crippen LogP contribution >= 0.6 is 0 Å². The van der Waals surface area contributed by atoms with Crippen molar-refractivity contribution in [2.24, 2.45) is 0 Å². The number of aromatic nitrogens is 2. The molecule has 1 aromatic heterocycles. The largest absolute Gasteiger partial charge is 0.399 e. The average molecular weight is 235 g/mol. The van der Waals surface area contributed by atoms with Gasteiger partial charge in [-0.1, -0.05) is 30.3 Å². The smallest absolute Gasteiger partial charge is 0.131 e. The Hall–Kier alpha value is -2.55. The van der Waals surface area contributed by atoms with Crippen LogP contribution in [-0.2, 0) is 0 Å². The molecule has 3 aromatic rings. The summed E-state index contributed by atoms with van der Waals surface area (Å²) in [5.74, 6) is 0.855. The Labute approximate surface area is 105 Å². The van der Waals surface area contributed by atoms with Gasteiger partial charge >= 0.3 is 0 Å². The number of hydrogen-bond acceptors (Lipinski definition) is 2. The summed E-state index contributed by atoms with van der Waals surface area (Å²) in [5.41, 5.74) is 9.55. The molecule has 3 N–H and O–H groups in total. The lowest BCUT2D eigenvalue weighted by Gasteiger charge is -1.93. The van der Waals surface area contributed by atoms with Crippen LogP contribution in [0.2, 0.25) is 0 Å². The lowest BCUT2D eigenvalue weighted by atomic mass is 10.2. The molecule has 0 aliphatic rings. The molecule has 0 aliphatic heterocycles. The zero-order valence-electron chi connectivity index (χ0n) is 9.80. The number of nitrogens with zero attached hydrogens (tertiary/aromatic N) is 1. The molecule has 0 amide bonds. The Bertz CT molecular complexity index is 660. The maximum Gasteiger partial charge on any atom is 0.131 e. The molecule has 0 atom stereocenters. The summed E-state index contributed by atoms with van der Waals surface area (Å²) in [7, 11) is 0. The first-order valence-electron chi connectivity index (χ1n) is 5.80. The molecule has 3 nitrogen and oxygen atoms in total. The summed E-state index contributed by atoms with van der Waals surface area (Å²) in [6, 6.07) is 15.7.